The minimum Gasteiger partial charge on any atom is -0.265 e. The molecule has 0 bridgehead atoms. The van der Waals surface area contributed by atoms with E-state index in [9.17, 15) is 8.42 Å². The molecular formula is C9H11ClO3S. The van der Waals surface area contributed by atoms with Crippen molar-refractivity contribution in [3.05, 3.63) is 35.4 Å². The second-order valence-electron chi connectivity index (χ2n) is 2.92. The lowest BCUT2D eigenvalue weighted by molar-refractivity contribution is 0.311. The Morgan fingerprint density at radius 1 is 1.21 bits per heavy atom. The quantitative estimate of drug-likeness (QED) is 0.590. The van der Waals surface area contributed by atoms with Crippen LogP contribution in [-0.2, 0) is 26.8 Å². The molecule has 0 saturated carbocycles. The number of benzene rings is 1. The molecule has 1 aromatic rings. The molecule has 0 aliphatic carbocycles. The Balaban J connectivity index is 2.61. The smallest absolute Gasteiger partial charge is 0.264 e. The molecule has 0 aliphatic heterocycles. The van der Waals surface area contributed by atoms with Crippen LogP contribution < -0.4 is 0 Å². The van der Waals surface area contributed by atoms with Crippen LogP contribution in [0.3, 0.4) is 0 Å². The van der Waals surface area contributed by atoms with Gasteiger partial charge in [0.1, 0.15) is 0 Å². The highest BCUT2D eigenvalue weighted by molar-refractivity contribution is 7.85. The molecule has 1 aromatic carbocycles. The van der Waals surface area contributed by atoms with Crippen LogP contribution in [0, 0.1) is 0 Å². The van der Waals surface area contributed by atoms with Crippen molar-refractivity contribution in [3.63, 3.8) is 0 Å². The third-order valence-corrected chi connectivity index (χ3v) is 2.47. The molecule has 0 heterocycles. The molecule has 3 nitrogen and oxygen atoms in total. The molecule has 0 amide bonds. The molecule has 0 fully saturated rings. The first-order chi connectivity index (χ1) is 6.51. The van der Waals surface area contributed by atoms with Crippen molar-refractivity contribution in [2.75, 3.05) is 6.26 Å². The molecule has 0 atom stereocenters. The van der Waals surface area contributed by atoms with Crippen LogP contribution in [0.1, 0.15) is 11.1 Å². The Morgan fingerprint density at radius 3 is 2.14 bits per heavy atom. The van der Waals surface area contributed by atoms with Crippen LogP contribution in [0.5, 0.6) is 0 Å². The van der Waals surface area contributed by atoms with Gasteiger partial charge in [-0.25, -0.2) is 0 Å². The Labute approximate surface area is 88.8 Å². The van der Waals surface area contributed by atoms with Gasteiger partial charge in [-0.3, -0.25) is 4.18 Å². The van der Waals surface area contributed by atoms with E-state index < -0.39 is 10.1 Å². The lowest BCUT2D eigenvalue weighted by Crippen LogP contribution is -2.02. The first-order valence-corrected chi connectivity index (χ1v) is 6.34. The van der Waals surface area contributed by atoms with Crippen molar-refractivity contribution in [2.45, 2.75) is 12.5 Å². The fourth-order valence-corrected chi connectivity index (χ4v) is 1.43. The SMILES string of the molecule is CS(=O)(=O)OCc1ccc(CCl)cc1. The first kappa shape index (κ1) is 11.5. The molecular weight excluding hydrogens is 224 g/mol. The average Bonchev–Trinajstić information content (AvgIpc) is 2.14. The van der Waals surface area contributed by atoms with Crippen molar-refractivity contribution in [1.82, 2.24) is 0 Å². The van der Waals surface area contributed by atoms with E-state index in [1.165, 1.54) is 0 Å². The number of rotatable bonds is 4. The van der Waals surface area contributed by atoms with E-state index in [2.05, 4.69) is 4.18 Å². The Kier molecular flexibility index (Phi) is 3.92. The van der Waals surface area contributed by atoms with Gasteiger partial charge in [0.25, 0.3) is 10.1 Å². The minimum atomic E-state index is -3.36. The van der Waals surface area contributed by atoms with E-state index in [1.54, 1.807) is 12.1 Å². The summed E-state index contributed by atoms with van der Waals surface area (Å²) in [5.74, 6) is 0.452. The van der Waals surface area contributed by atoms with Gasteiger partial charge in [-0.1, -0.05) is 24.3 Å². The molecule has 5 heteroatoms. The van der Waals surface area contributed by atoms with Gasteiger partial charge in [0.2, 0.25) is 0 Å². The normalized spacial score (nSPS) is 11.6. The van der Waals surface area contributed by atoms with Crippen LogP contribution in [0.4, 0.5) is 0 Å². The predicted octanol–water partition coefficient (Wildman–Crippen LogP) is 1.90. The van der Waals surface area contributed by atoms with Gasteiger partial charge in [0.05, 0.1) is 12.9 Å². The van der Waals surface area contributed by atoms with Crippen molar-refractivity contribution < 1.29 is 12.6 Å². The number of alkyl halides is 1. The van der Waals surface area contributed by atoms with E-state index in [4.69, 9.17) is 11.6 Å². The Hall–Kier alpha value is -0.580. The highest BCUT2D eigenvalue weighted by atomic mass is 35.5. The van der Waals surface area contributed by atoms with Gasteiger partial charge in [0.15, 0.2) is 0 Å². The molecule has 0 aromatic heterocycles. The predicted molar refractivity (Wildman–Crippen MR) is 55.6 cm³/mol. The lowest BCUT2D eigenvalue weighted by Gasteiger charge is -2.02. The zero-order valence-corrected chi connectivity index (χ0v) is 9.31. The first-order valence-electron chi connectivity index (χ1n) is 3.99. The molecule has 0 radical (unpaired) electrons. The van der Waals surface area contributed by atoms with E-state index in [-0.39, 0.29) is 6.61 Å². The third-order valence-electron chi connectivity index (χ3n) is 1.62. The molecule has 1 rings (SSSR count). The summed E-state index contributed by atoms with van der Waals surface area (Å²) in [6.07, 6.45) is 1.03. The largest absolute Gasteiger partial charge is 0.265 e. The molecule has 0 aliphatic rings. The molecule has 78 valence electrons. The fraction of sp³-hybridized carbons (Fsp3) is 0.333. The maximum atomic E-state index is 10.7. The van der Waals surface area contributed by atoms with Gasteiger partial charge >= 0.3 is 0 Å². The zero-order valence-electron chi connectivity index (χ0n) is 7.73. The summed E-state index contributed by atoms with van der Waals surface area (Å²) in [5.41, 5.74) is 1.80. The van der Waals surface area contributed by atoms with Gasteiger partial charge in [-0.05, 0) is 11.1 Å². The summed E-state index contributed by atoms with van der Waals surface area (Å²) in [5, 5.41) is 0. The number of halogens is 1. The maximum absolute atomic E-state index is 10.7. The summed E-state index contributed by atoms with van der Waals surface area (Å²) >= 11 is 5.60. The Bertz CT molecular complexity index is 383. The van der Waals surface area contributed by atoms with Crippen molar-refractivity contribution in [1.29, 1.82) is 0 Å². The van der Waals surface area contributed by atoms with E-state index in [0.29, 0.717) is 5.88 Å². The van der Waals surface area contributed by atoms with Gasteiger partial charge in [0, 0.05) is 5.88 Å². The number of hydrogen-bond acceptors (Lipinski definition) is 3. The van der Waals surface area contributed by atoms with Crippen LogP contribution >= 0.6 is 11.6 Å². The number of hydrogen-bond donors (Lipinski definition) is 0. The monoisotopic (exact) mass is 234 g/mol. The van der Waals surface area contributed by atoms with E-state index in [1.807, 2.05) is 12.1 Å². The molecule has 0 spiro atoms. The van der Waals surface area contributed by atoms with E-state index >= 15 is 0 Å². The summed E-state index contributed by atoms with van der Waals surface area (Å²) in [6, 6.07) is 7.27. The van der Waals surface area contributed by atoms with Gasteiger partial charge in [-0.15, -0.1) is 11.6 Å². The zero-order chi connectivity index (χ0) is 10.6. The molecule has 14 heavy (non-hydrogen) atoms. The Morgan fingerprint density at radius 2 is 1.71 bits per heavy atom. The summed E-state index contributed by atoms with van der Waals surface area (Å²) in [7, 11) is -3.36. The standard InChI is InChI=1S/C9H11ClO3S/c1-14(11,12)13-7-9-4-2-8(6-10)3-5-9/h2-5H,6-7H2,1H3. The minimum absolute atomic E-state index is 0.0708. The highest BCUT2D eigenvalue weighted by Crippen LogP contribution is 2.08. The van der Waals surface area contributed by atoms with E-state index in [0.717, 1.165) is 17.4 Å². The molecule has 0 saturated heterocycles. The summed E-state index contributed by atoms with van der Waals surface area (Å²) in [4.78, 5) is 0. The average molecular weight is 235 g/mol. The topological polar surface area (TPSA) is 43.4 Å². The molecule has 0 N–H and O–H groups in total. The summed E-state index contributed by atoms with van der Waals surface area (Å²) < 4.78 is 26.0. The molecule has 0 unspecified atom stereocenters. The second kappa shape index (κ2) is 4.77. The van der Waals surface area contributed by atoms with Crippen molar-refractivity contribution in [2.24, 2.45) is 0 Å². The van der Waals surface area contributed by atoms with Crippen LogP contribution in [0.15, 0.2) is 24.3 Å². The third kappa shape index (κ3) is 4.09. The van der Waals surface area contributed by atoms with Crippen LogP contribution in [-0.4, -0.2) is 14.7 Å². The fourth-order valence-electron chi connectivity index (χ4n) is 0.900. The lowest BCUT2D eigenvalue weighted by atomic mass is 10.2. The van der Waals surface area contributed by atoms with Crippen molar-refractivity contribution in [3.8, 4) is 0 Å². The highest BCUT2D eigenvalue weighted by Gasteiger charge is 2.02. The van der Waals surface area contributed by atoms with Crippen LogP contribution in [0.2, 0.25) is 0 Å². The van der Waals surface area contributed by atoms with Gasteiger partial charge < -0.3 is 0 Å². The van der Waals surface area contributed by atoms with Crippen LogP contribution in [0.25, 0.3) is 0 Å². The second-order valence-corrected chi connectivity index (χ2v) is 4.83. The van der Waals surface area contributed by atoms with Crippen molar-refractivity contribution >= 4 is 21.7 Å². The van der Waals surface area contributed by atoms with Gasteiger partial charge in [-0.2, -0.15) is 8.42 Å². The maximum Gasteiger partial charge on any atom is 0.264 e. The summed E-state index contributed by atoms with van der Waals surface area (Å²) in [6.45, 7) is 0.0708.